The van der Waals surface area contributed by atoms with Gasteiger partial charge in [0.25, 0.3) is 0 Å². The number of carbonyl (C=O) groups excluding carboxylic acids is 1. The van der Waals surface area contributed by atoms with Crippen molar-refractivity contribution < 1.29 is 9.53 Å². The summed E-state index contributed by atoms with van der Waals surface area (Å²) in [5.74, 6) is -0.0350. The van der Waals surface area contributed by atoms with Crippen LogP contribution in [-0.2, 0) is 9.53 Å². The predicted octanol–water partition coefficient (Wildman–Crippen LogP) is 5.90. The summed E-state index contributed by atoms with van der Waals surface area (Å²) < 4.78 is 5.08. The van der Waals surface area contributed by atoms with Gasteiger partial charge in [0.1, 0.15) is 0 Å². The van der Waals surface area contributed by atoms with Gasteiger partial charge < -0.3 is 9.64 Å². The van der Waals surface area contributed by atoms with Crippen LogP contribution in [0, 0.1) is 5.92 Å². The van der Waals surface area contributed by atoms with Gasteiger partial charge in [0.15, 0.2) is 0 Å². The second kappa shape index (κ2) is 9.73. The maximum absolute atomic E-state index is 11.8. The van der Waals surface area contributed by atoms with Crippen molar-refractivity contribution in [1.82, 2.24) is 4.90 Å². The van der Waals surface area contributed by atoms with Crippen LogP contribution in [0.15, 0.2) is 46.4 Å². The monoisotopic (exact) mass is 351 g/mol. The summed E-state index contributed by atoms with van der Waals surface area (Å²) in [6, 6.07) is 0. The van der Waals surface area contributed by atoms with Gasteiger partial charge in [0.05, 0.1) is 13.0 Å². The number of esters is 1. The third-order valence-electron chi connectivity index (χ3n) is 4.29. The van der Waals surface area contributed by atoms with Crippen molar-refractivity contribution in [2.75, 3.05) is 6.61 Å². The van der Waals surface area contributed by atoms with Crippen LogP contribution >= 0.6 is 11.6 Å². The molecule has 4 heteroatoms. The van der Waals surface area contributed by atoms with E-state index in [9.17, 15) is 4.79 Å². The molecule has 1 rings (SSSR count). The summed E-state index contributed by atoms with van der Waals surface area (Å²) in [7, 11) is 0. The van der Waals surface area contributed by atoms with E-state index in [-0.39, 0.29) is 11.9 Å². The fraction of sp³-hybridized carbons (Fsp3) is 0.550. The van der Waals surface area contributed by atoms with Gasteiger partial charge in [-0.1, -0.05) is 50.9 Å². The van der Waals surface area contributed by atoms with Gasteiger partial charge in [-0.2, -0.15) is 0 Å². The molecule has 24 heavy (non-hydrogen) atoms. The van der Waals surface area contributed by atoms with Crippen LogP contribution in [0.2, 0.25) is 0 Å². The molecule has 3 nitrogen and oxygen atoms in total. The highest BCUT2D eigenvalue weighted by Gasteiger charge is 2.25. The number of allylic oxidation sites excluding steroid dienone is 3. The van der Waals surface area contributed by atoms with E-state index in [0.717, 1.165) is 35.6 Å². The number of ether oxygens (including phenoxy) is 1. The number of halogens is 1. The molecule has 0 N–H and O–H groups in total. The lowest BCUT2D eigenvalue weighted by molar-refractivity contribution is -0.142. The smallest absolute Gasteiger partial charge is 0.309 e. The molecule has 0 aromatic carbocycles. The van der Waals surface area contributed by atoms with E-state index in [1.807, 2.05) is 24.2 Å². The van der Waals surface area contributed by atoms with Crippen molar-refractivity contribution >= 4 is 17.6 Å². The Morgan fingerprint density at radius 2 is 2.08 bits per heavy atom. The molecule has 0 aromatic rings. The molecule has 0 radical (unpaired) electrons. The number of hydrogen-bond acceptors (Lipinski definition) is 3. The Kier molecular flexibility index (Phi) is 8.34. The van der Waals surface area contributed by atoms with Crippen molar-refractivity contribution in [3.05, 3.63) is 46.4 Å². The van der Waals surface area contributed by atoms with Gasteiger partial charge in [-0.05, 0) is 37.8 Å². The van der Waals surface area contributed by atoms with Crippen LogP contribution in [0.4, 0.5) is 0 Å². The zero-order chi connectivity index (χ0) is 18.3. The number of carbonyl (C=O) groups is 1. The van der Waals surface area contributed by atoms with Crippen molar-refractivity contribution in [1.29, 1.82) is 0 Å². The molecule has 134 valence electrons. The highest BCUT2D eigenvalue weighted by atomic mass is 35.5. The normalized spacial score (nSPS) is 20.8. The van der Waals surface area contributed by atoms with Crippen LogP contribution in [-0.4, -0.2) is 17.5 Å². The van der Waals surface area contributed by atoms with Gasteiger partial charge in [0, 0.05) is 29.0 Å². The molecule has 0 saturated carbocycles. The molecule has 0 saturated heterocycles. The van der Waals surface area contributed by atoms with Crippen molar-refractivity contribution in [2.45, 2.75) is 60.3 Å². The van der Waals surface area contributed by atoms with E-state index in [2.05, 4.69) is 34.3 Å². The Morgan fingerprint density at radius 3 is 2.62 bits per heavy atom. The van der Waals surface area contributed by atoms with Crippen LogP contribution < -0.4 is 0 Å². The first-order chi connectivity index (χ1) is 11.3. The summed E-state index contributed by atoms with van der Waals surface area (Å²) in [6.45, 7) is 15.0. The van der Waals surface area contributed by atoms with Gasteiger partial charge in [-0.25, -0.2) is 0 Å². The Bertz CT molecular complexity index is 572. The molecular formula is C20H30ClNO2. The molecule has 1 aliphatic heterocycles. The van der Waals surface area contributed by atoms with E-state index >= 15 is 0 Å². The van der Waals surface area contributed by atoms with Gasteiger partial charge in [-0.3, -0.25) is 4.79 Å². The van der Waals surface area contributed by atoms with Gasteiger partial charge in [0.2, 0.25) is 0 Å². The Labute approximate surface area is 151 Å². The van der Waals surface area contributed by atoms with Crippen LogP contribution in [0.3, 0.4) is 0 Å². The second-order valence-electron chi connectivity index (χ2n) is 6.16. The van der Waals surface area contributed by atoms with E-state index in [0.29, 0.717) is 13.0 Å². The van der Waals surface area contributed by atoms with E-state index < -0.39 is 0 Å². The molecule has 0 bridgehead atoms. The molecule has 1 heterocycles. The predicted molar refractivity (Wildman–Crippen MR) is 101 cm³/mol. The number of nitrogens with zero attached hydrogens (tertiary/aromatic N) is 1. The number of rotatable bonds is 7. The molecule has 0 spiro atoms. The average molecular weight is 352 g/mol. The van der Waals surface area contributed by atoms with Crippen LogP contribution in [0.5, 0.6) is 0 Å². The Balaban J connectivity index is 3.16. The first-order valence-corrected chi connectivity index (χ1v) is 9.13. The largest absolute Gasteiger partial charge is 0.466 e. The van der Waals surface area contributed by atoms with E-state index in [1.54, 1.807) is 0 Å². The molecule has 1 unspecified atom stereocenters. The van der Waals surface area contributed by atoms with Crippen LogP contribution in [0.25, 0.3) is 0 Å². The minimum absolute atomic E-state index is 0.156. The van der Waals surface area contributed by atoms with Crippen LogP contribution in [0.1, 0.15) is 60.3 Å². The highest BCUT2D eigenvalue weighted by Crippen LogP contribution is 2.38. The molecule has 1 atom stereocenters. The summed E-state index contributed by atoms with van der Waals surface area (Å²) in [6.07, 6.45) is 6.97. The SMILES string of the molecule is C=C1/C(=C(/C)CC)C(C)C(Cl)=CN1/C=C(\CCC)CC(=O)OCC. The minimum Gasteiger partial charge on any atom is -0.466 e. The zero-order valence-electron chi connectivity index (χ0n) is 15.6. The quantitative estimate of drug-likeness (QED) is 0.535. The van der Waals surface area contributed by atoms with E-state index in [4.69, 9.17) is 16.3 Å². The van der Waals surface area contributed by atoms with E-state index in [1.165, 1.54) is 11.1 Å². The Hall–Kier alpha value is -1.48. The lowest BCUT2D eigenvalue weighted by Crippen LogP contribution is -2.23. The zero-order valence-corrected chi connectivity index (χ0v) is 16.4. The second-order valence-corrected chi connectivity index (χ2v) is 6.59. The van der Waals surface area contributed by atoms with Gasteiger partial charge in [-0.15, -0.1) is 0 Å². The molecular weight excluding hydrogens is 322 g/mol. The lowest BCUT2D eigenvalue weighted by atomic mass is 9.89. The van der Waals surface area contributed by atoms with Crippen molar-refractivity contribution in [3.8, 4) is 0 Å². The minimum atomic E-state index is -0.191. The molecule has 1 aliphatic rings. The first-order valence-electron chi connectivity index (χ1n) is 8.75. The molecule has 0 fully saturated rings. The Morgan fingerprint density at radius 1 is 1.42 bits per heavy atom. The summed E-state index contributed by atoms with van der Waals surface area (Å²) in [4.78, 5) is 13.8. The maximum atomic E-state index is 11.8. The maximum Gasteiger partial charge on any atom is 0.309 e. The molecule has 0 amide bonds. The third kappa shape index (κ3) is 5.27. The topological polar surface area (TPSA) is 29.5 Å². The van der Waals surface area contributed by atoms with Crippen molar-refractivity contribution in [2.24, 2.45) is 5.92 Å². The average Bonchev–Trinajstić information content (AvgIpc) is 2.52. The highest BCUT2D eigenvalue weighted by molar-refractivity contribution is 6.30. The number of hydrogen-bond donors (Lipinski definition) is 0. The van der Waals surface area contributed by atoms with Crippen molar-refractivity contribution in [3.63, 3.8) is 0 Å². The molecule has 0 aliphatic carbocycles. The fourth-order valence-electron chi connectivity index (χ4n) is 2.88. The first kappa shape index (κ1) is 20.6. The third-order valence-corrected chi connectivity index (χ3v) is 4.72. The summed E-state index contributed by atoms with van der Waals surface area (Å²) >= 11 is 6.46. The fourth-order valence-corrected chi connectivity index (χ4v) is 3.10. The summed E-state index contributed by atoms with van der Waals surface area (Å²) in [5.41, 5.74) is 4.44. The summed E-state index contributed by atoms with van der Waals surface area (Å²) in [5, 5.41) is 0.786. The van der Waals surface area contributed by atoms with Gasteiger partial charge >= 0.3 is 5.97 Å². The molecule has 0 aromatic heterocycles. The standard InChI is InChI=1S/C20H30ClNO2/c1-7-10-17(11-19(23)24-9-3)12-22-13-18(21)15(5)20(16(22)6)14(4)8-2/h12-13,15H,6-11H2,1-5H3/b17-12+,20-14-. The lowest BCUT2D eigenvalue weighted by Gasteiger charge is -2.33.